The van der Waals surface area contributed by atoms with Gasteiger partial charge in [0.2, 0.25) is 0 Å². The van der Waals surface area contributed by atoms with Crippen molar-refractivity contribution in [1.82, 2.24) is 4.57 Å². The van der Waals surface area contributed by atoms with Gasteiger partial charge in [-0.15, -0.1) is 0 Å². The molecule has 128 valence electrons. The van der Waals surface area contributed by atoms with Gasteiger partial charge in [0.1, 0.15) is 0 Å². The molecule has 1 saturated heterocycles. The number of hydrogen-bond donors (Lipinski definition) is 0. The van der Waals surface area contributed by atoms with Crippen LogP contribution in [0.25, 0.3) is 10.9 Å². The first-order chi connectivity index (χ1) is 11.3. The number of aryl methyl sites for hydroxylation is 1. The molecule has 5 nitrogen and oxygen atoms in total. The van der Waals surface area contributed by atoms with E-state index in [1.165, 1.54) is 11.7 Å². The van der Waals surface area contributed by atoms with Crippen LogP contribution in [0.2, 0.25) is 0 Å². The van der Waals surface area contributed by atoms with Crippen molar-refractivity contribution in [2.24, 2.45) is 13.0 Å². The van der Waals surface area contributed by atoms with Gasteiger partial charge in [-0.05, 0) is 24.8 Å². The minimum atomic E-state index is -3.07. The van der Waals surface area contributed by atoms with Crippen molar-refractivity contribution in [2.45, 2.75) is 12.8 Å². The minimum Gasteiger partial charge on any atom is -0.371 e. The van der Waals surface area contributed by atoms with Gasteiger partial charge in [-0.2, -0.15) is 0 Å². The Kier molecular flexibility index (Phi) is 4.49. The molecule has 3 rings (SSSR count). The Balaban J connectivity index is 1.85. The largest absolute Gasteiger partial charge is 0.371 e. The number of aromatic nitrogens is 1. The van der Waals surface area contributed by atoms with Crippen molar-refractivity contribution >= 4 is 26.4 Å². The van der Waals surface area contributed by atoms with Gasteiger partial charge in [0.05, 0.1) is 11.2 Å². The SMILES string of the molecule is Cn1c(=O)cc(N2CCC(C=CS(C)(=O)=O)CC2)c2ccccc21. The number of rotatable bonds is 3. The second kappa shape index (κ2) is 6.43. The average molecular weight is 346 g/mol. The van der Waals surface area contributed by atoms with E-state index in [0.29, 0.717) is 0 Å². The van der Waals surface area contributed by atoms with E-state index >= 15 is 0 Å². The topological polar surface area (TPSA) is 59.4 Å². The molecule has 0 amide bonds. The van der Waals surface area contributed by atoms with Gasteiger partial charge in [0.15, 0.2) is 9.84 Å². The maximum atomic E-state index is 12.2. The highest BCUT2D eigenvalue weighted by Crippen LogP contribution is 2.29. The van der Waals surface area contributed by atoms with E-state index in [1.54, 1.807) is 23.8 Å². The molecule has 0 radical (unpaired) electrons. The number of fused-ring (bicyclic) bond motifs is 1. The summed E-state index contributed by atoms with van der Waals surface area (Å²) in [4.78, 5) is 14.5. The van der Waals surface area contributed by atoms with Crippen LogP contribution in [0.15, 0.2) is 46.6 Å². The molecule has 1 aliphatic heterocycles. The van der Waals surface area contributed by atoms with E-state index in [1.807, 2.05) is 24.3 Å². The lowest BCUT2D eigenvalue weighted by atomic mass is 9.96. The summed E-state index contributed by atoms with van der Waals surface area (Å²) in [6, 6.07) is 9.63. The molecule has 0 aliphatic carbocycles. The van der Waals surface area contributed by atoms with Crippen LogP contribution in [0.5, 0.6) is 0 Å². The molecular weight excluding hydrogens is 324 g/mol. The molecule has 6 heteroatoms. The third kappa shape index (κ3) is 3.53. The molecule has 1 fully saturated rings. The van der Waals surface area contributed by atoms with Crippen molar-refractivity contribution in [3.8, 4) is 0 Å². The number of piperidine rings is 1. The van der Waals surface area contributed by atoms with Crippen LogP contribution >= 0.6 is 0 Å². The van der Waals surface area contributed by atoms with E-state index in [0.717, 1.165) is 42.5 Å². The predicted molar refractivity (Wildman–Crippen MR) is 98.1 cm³/mol. The number of hydrogen-bond acceptors (Lipinski definition) is 4. The lowest BCUT2D eigenvalue weighted by Gasteiger charge is -2.33. The number of benzene rings is 1. The zero-order chi connectivity index (χ0) is 17.3. The van der Waals surface area contributed by atoms with Gasteiger partial charge < -0.3 is 9.47 Å². The molecular formula is C18H22N2O3S. The van der Waals surface area contributed by atoms with Crippen molar-refractivity contribution in [3.63, 3.8) is 0 Å². The van der Waals surface area contributed by atoms with Crippen LogP contribution in [-0.4, -0.2) is 32.3 Å². The predicted octanol–water partition coefficient (Wildman–Crippen LogP) is 2.31. The van der Waals surface area contributed by atoms with E-state index in [4.69, 9.17) is 0 Å². The average Bonchev–Trinajstić information content (AvgIpc) is 2.56. The van der Waals surface area contributed by atoms with Crippen LogP contribution in [0, 0.1) is 5.92 Å². The molecule has 0 bridgehead atoms. The van der Waals surface area contributed by atoms with Crippen molar-refractivity contribution in [2.75, 3.05) is 24.2 Å². The van der Waals surface area contributed by atoms with Crippen LogP contribution in [0.4, 0.5) is 5.69 Å². The zero-order valence-electron chi connectivity index (χ0n) is 14.0. The fourth-order valence-electron chi connectivity index (χ4n) is 3.24. The van der Waals surface area contributed by atoms with Crippen LogP contribution < -0.4 is 10.5 Å². The summed E-state index contributed by atoms with van der Waals surface area (Å²) < 4.78 is 24.1. The van der Waals surface area contributed by atoms with Crippen molar-refractivity contribution < 1.29 is 8.42 Å². The Bertz CT molecular complexity index is 936. The fraction of sp³-hybridized carbons (Fsp3) is 0.389. The number of para-hydroxylation sites is 1. The van der Waals surface area contributed by atoms with Gasteiger partial charge in [-0.3, -0.25) is 4.79 Å². The highest BCUT2D eigenvalue weighted by atomic mass is 32.2. The maximum absolute atomic E-state index is 12.2. The Morgan fingerprint density at radius 3 is 2.50 bits per heavy atom. The van der Waals surface area contributed by atoms with Crippen molar-refractivity contribution in [3.05, 3.63) is 52.2 Å². The number of sulfone groups is 1. The Labute approximate surface area is 142 Å². The summed E-state index contributed by atoms with van der Waals surface area (Å²) in [7, 11) is -1.28. The second-order valence-electron chi connectivity index (χ2n) is 6.43. The standard InChI is InChI=1S/C18H22N2O3S/c1-19-16-6-4-3-5-15(16)17(13-18(19)21)20-10-7-14(8-11-20)9-12-24(2,22)23/h3-6,9,12-14H,7-8,10-11H2,1-2H3. The molecule has 2 aromatic rings. The molecule has 24 heavy (non-hydrogen) atoms. The summed E-state index contributed by atoms with van der Waals surface area (Å²) in [6.45, 7) is 1.63. The summed E-state index contributed by atoms with van der Waals surface area (Å²) in [5.74, 6) is 0.272. The van der Waals surface area contributed by atoms with Gasteiger partial charge in [-0.25, -0.2) is 8.42 Å². The first kappa shape index (κ1) is 16.8. The normalized spacial score (nSPS) is 17.0. The van der Waals surface area contributed by atoms with Crippen LogP contribution in [-0.2, 0) is 16.9 Å². The molecule has 0 atom stereocenters. The van der Waals surface area contributed by atoms with Gasteiger partial charge in [0, 0.05) is 43.3 Å². The van der Waals surface area contributed by atoms with E-state index in [-0.39, 0.29) is 11.5 Å². The smallest absolute Gasteiger partial charge is 0.252 e. The molecule has 0 saturated carbocycles. The molecule has 0 spiro atoms. The van der Waals surface area contributed by atoms with Gasteiger partial charge in [0.25, 0.3) is 5.56 Å². The Morgan fingerprint density at radius 1 is 1.17 bits per heavy atom. The lowest BCUT2D eigenvalue weighted by Crippen LogP contribution is -2.34. The highest BCUT2D eigenvalue weighted by Gasteiger charge is 2.20. The molecule has 2 heterocycles. The summed E-state index contributed by atoms with van der Waals surface area (Å²) >= 11 is 0. The Morgan fingerprint density at radius 2 is 1.83 bits per heavy atom. The second-order valence-corrected chi connectivity index (χ2v) is 8.36. The lowest BCUT2D eigenvalue weighted by molar-refractivity contribution is 0.479. The summed E-state index contributed by atoms with van der Waals surface area (Å²) in [6.07, 6.45) is 4.78. The molecule has 0 unspecified atom stereocenters. The minimum absolute atomic E-state index is 0.0113. The fourth-order valence-corrected chi connectivity index (χ4v) is 3.75. The highest BCUT2D eigenvalue weighted by molar-refractivity contribution is 7.93. The number of nitrogens with zero attached hydrogens (tertiary/aromatic N) is 2. The molecule has 1 aromatic heterocycles. The number of pyridine rings is 1. The maximum Gasteiger partial charge on any atom is 0.252 e. The Hall–Kier alpha value is -2.08. The molecule has 1 aliphatic rings. The monoisotopic (exact) mass is 346 g/mol. The van der Waals surface area contributed by atoms with Crippen molar-refractivity contribution in [1.29, 1.82) is 0 Å². The van der Waals surface area contributed by atoms with Crippen LogP contribution in [0.1, 0.15) is 12.8 Å². The molecule has 1 aromatic carbocycles. The first-order valence-corrected chi connectivity index (χ1v) is 10.0. The quantitative estimate of drug-likeness (QED) is 0.856. The molecule has 0 N–H and O–H groups in total. The first-order valence-electron chi connectivity index (χ1n) is 8.07. The van der Waals surface area contributed by atoms with Gasteiger partial charge >= 0.3 is 0 Å². The van der Waals surface area contributed by atoms with Crippen LogP contribution in [0.3, 0.4) is 0 Å². The van der Waals surface area contributed by atoms with E-state index < -0.39 is 9.84 Å². The third-order valence-corrected chi connectivity index (χ3v) is 5.26. The zero-order valence-corrected chi connectivity index (χ0v) is 14.8. The van der Waals surface area contributed by atoms with Gasteiger partial charge in [-0.1, -0.05) is 24.3 Å². The summed E-state index contributed by atoms with van der Waals surface area (Å²) in [5.41, 5.74) is 1.89. The van der Waals surface area contributed by atoms with E-state index in [2.05, 4.69) is 4.90 Å². The number of anilines is 1. The number of allylic oxidation sites excluding steroid dienone is 1. The summed E-state index contributed by atoms with van der Waals surface area (Å²) in [5, 5.41) is 2.38. The van der Waals surface area contributed by atoms with E-state index in [9.17, 15) is 13.2 Å². The third-order valence-electron chi connectivity index (χ3n) is 4.61.